The van der Waals surface area contributed by atoms with E-state index in [0.717, 1.165) is 28.3 Å². The van der Waals surface area contributed by atoms with Crippen molar-refractivity contribution in [1.29, 1.82) is 0 Å². The van der Waals surface area contributed by atoms with Gasteiger partial charge in [0, 0.05) is 34.6 Å². The highest BCUT2D eigenvalue weighted by Crippen LogP contribution is 2.27. The van der Waals surface area contributed by atoms with Crippen LogP contribution in [-0.4, -0.2) is 9.97 Å². The van der Waals surface area contributed by atoms with E-state index in [4.69, 9.17) is 5.73 Å². The lowest BCUT2D eigenvalue weighted by Crippen LogP contribution is -2.01. The standard InChI is InChI=1S/C14H17N3/c1-9(2)14-16-8-12(10(3)17-14)11-6-4-5-7-13(11)15/h4-9H,15H2,1-3H3. The number of benzene rings is 1. The van der Waals surface area contributed by atoms with Gasteiger partial charge < -0.3 is 5.73 Å². The molecule has 0 saturated heterocycles. The fraction of sp³-hybridized carbons (Fsp3) is 0.286. The highest BCUT2D eigenvalue weighted by Gasteiger charge is 2.09. The van der Waals surface area contributed by atoms with Crippen LogP contribution in [0.2, 0.25) is 0 Å². The van der Waals surface area contributed by atoms with Crippen molar-refractivity contribution in [2.24, 2.45) is 0 Å². The maximum Gasteiger partial charge on any atom is 0.131 e. The monoisotopic (exact) mass is 227 g/mol. The van der Waals surface area contributed by atoms with Gasteiger partial charge in [-0.25, -0.2) is 9.97 Å². The third-order valence-corrected chi connectivity index (χ3v) is 2.77. The van der Waals surface area contributed by atoms with Crippen LogP contribution >= 0.6 is 0 Å². The van der Waals surface area contributed by atoms with Crippen molar-refractivity contribution in [1.82, 2.24) is 9.97 Å². The summed E-state index contributed by atoms with van der Waals surface area (Å²) in [5, 5.41) is 0. The van der Waals surface area contributed by atoms with Crippen LogP contribution in [0.5, 0.6) is 0 Å². The van der Waals surface area contributed by atoms with Gasteiger partial charge in [0.25, 0.3) is 0 Å². The van der Waals surface area contributed by atoms with Crippen molar-refractivity contribution >= 4 is 5.69 Å². The van der Waals surface area contributed by atoms with Crippen LogP contribution in [0, 0.1) is 6.92 Å². The van der Waals surface area contributed by atoms with E-state index in [1.165, 1.54) is 0 Å². The van der Waals surface area contributed by atoms with Gasteiger partial charge in [-0.1, -0.05) is 32.0 Å². The van der Waals surface area contributed by atoms with Crippen LogP contribution in [0.25, 0.3) is 11.1 Å². The van der Waals surface area contributed by atoms with Gasteiger partial charge in [0.05, 0.1) is 0 Å². The largest absolute Gasteiger partial charge is 0.398 e. The number of aromatic nitrogens is 2. The molecule has 2 aromatic rings. The lowest BCUT2D eigenvalue weighted by atomic mass is 10.0. The Morgan fingerprint density at radius 3 is 2.41 bits per heavy atom. The molecule has 0 spiro atoms. The summed E-state index contributed by atoms with van der Waals surface area (Å²) in [6.07, 6.45) is 1.86. The zero-order chi connectivity index (χ0) is 12.4. The Hall–Kier alpha value is -1.90. The van der Waals surface area contributed by atoms with Crippen LogP contribution in [0.15, 0.2) is 30.5 Å². The SMILES string of the molecule is Cc1nc(C(C)C)ncc1-c1ccccc1N. The minimum Gasteiger partial charge on any atom is -0.398 e. The van der Waals surface area contributed by atoms with Crippen LogP contribution in [0.1, 0.15) is 31.3 Å². The average Bonchev–Trinajstić information content (AvgIpc) is 2.30. The first-order chi connectivity index (χ1) is 8.09. The van der Waals surface area contributed by atoms with Crippen LogP contribution in [0.4, 0.5) is 5.69 Å². The second-order valence-electron chi connectivity index (χ2n) is 4.47. The van der Waals surface area contributed by atoms with Gasteiger partial charge >= 0.3 is 0 Å². The van der Waals surface area contributed by atoms with Gasteiger partial charge in [0.1, 0.15) is 5.82 Å². The zero-order valence-corrected chi connectivity index (χ0v) is 10.4. The third-order valence-electron chi connectivity index (χ3n) is 2.77. The summed E-state index contributed by atoms with van der Waals surface area (Å²) in [7, 11) is 0. The number of para-hydroxylation sites is 1. The number of aryl methyl sites for hydroxylation is 1. The Morgan fingerprint density at radius 1 is 1.12 bits per heavy atom. The van der Waals surface area contributed by atoms with Crippen LogP contribution in [0.3, 0.4) is 0 Å². The number of nitrogens with zero attached hydrogens (tertiary/aromatic N) is 2. The number of hydrogen-bond donors (Lipinski definition) is 1. The highest BCUT2D eigenvalue weighted by molar-refractivity contribution is 5.76. The predicted molar refractivity (Wildman–Crippen MR) is 70.7 cm³/mol. The minimum absolute atomic E-state index is 0.343. The Bertz CT molecular complexity index is 533. The summed E-state index contributed by atoms with van der Waals surface area (Å²) in [5.41, 5.74) is 9.71. The van der Waals surface area contributed by atoms with E-state index in [1.54, 1.807) is 0 Å². The topological polar surface area (TPSA) is 51.8 Å². The van der Waals surface area contributed by atoms with E-state index >= 15 is 0 Å². The molecule has 0 bridgehead atoms. The summed E-state index contributed by atoms with van der Waals surface area (Å²) in [6, 6.07) is 7.79. The molecule has 0 aliphatic carbocycles. The van der Waals surface area contributed by atoms with Gasteiger partial charge in [-0.15, -0.1) is 0 Å². The molecule has 2 N–H and O–H groups in total. The lowest BCUT2D eigenvalue weighted by Gasteiger charge is -2.10. The van der Waals surface area contributed by atoms with Crippen molar-refractivity contribution in [3.63, 3.8) is 0 Å². The average molecular weight is 227 g/mol. The first kappa shape index (κ1) is 11.6. The molecule has 0 amide bonds. The van der Waals surface area contributed by atoms with E-state index in [2.05, 4.69) is 23.8 Å². The molecule has 3 nitrogen and oxygen atoms in total. The number of anilines is 1. The number of nitrogens with two attached hydrogens (primary N) is 1. The molecule has 0 radical (unpaired) electrons. The van der Waals surface area contributed by atoms with E-state index in [-0.39, 0.29) is 0 Å². The van der Waals surface area contributed by atoms with E-state index in [0.29, 0.717) is 5.92 Å². The lowest BCUT2D eigenvalue weighted by molar-refractivity contribution is 0.767. The quantitative estimate of drug-likeness (QED) is 0.802. The Labute approximate surface area is 102 Å². The Kier molecular flexibility index (Phi) is 3.09. The Morgan fingerprint density at radius 2 is 1.82 bits per heavy atom. The molecule has 0 unspecified atom stereocenters. The van der Waals surface area contributed by atoms with Crippen molar-refractivity contribution in [2.75, 3.05) is 5.73 Å². The molecule has 1 aromatic heterocycles. The van der Waals surface area contributed by atoms with Crippen molar-refractivity contribution in [2.45, 2.75) is 26.7 Å². The molecule has 0 fully saturated rings. The summed E-state index contributed by atoms with van der Waals surface area (Å²) in [6.45, 7) is 6.17. The van der Waals surface area contributed by atoms with Gasteiger partial charge in [-0.05, 0) is 13.0 Å². The van der Waals surface area contributed by atoms with Gasteiger partial charge in [-0.3, -0.25) is 0 Å². The first-order valence-electron chi connectivity index (χ1n) is 5.78. The molecule has 0 aliphatic rings. The summed E-state index contributed by atoms with van der Waals surface area (Å²) >= 11 is 0. The summed E-state index contributed by atoms with van der Waals surface area (Å²) in [4.78, 5) is 8.91. The molecule has 0 saturated carbocycles. The molecule has 1 heterocycles. The second kappa shape index (κ2) is 4.53. The molecule has 88 valence electrons. The highest BCUT2D eigenvalue weighted by atomic mass is 14.9. The van der Waals surface area contributed by atoms with Crippen molar-refractivity contribution in [3.05, 3.63) is 42.0 Å². The van der Waals surface area contributed by atoms with E-state index in [1.807, 2.05) is 37.4 Å². The van der Waals surface area contributed by atoms with Gasteiger partial charge in [0.2, 0.25) is 0 Å². The van der Waals surface area contributed by atoms with Crippen molar-refractivity contribution in [3.8, 4) is 11.1 Å². The molecular formula is C14H17N3. The number of rotatable bonds is 2. The number of nitrogen functional groups attached to an aromatic ring is 1. The minimum atomic E-state index is 0.343. The molecule has 1 aromatic carbocycles. The molecule has 0 atom stereocenters. The molecule has 3 heteroatoms. The maximum absolute atomic E-state index is 5.96. The second-order valence-corrected chi connectivity index (χ2v) is 4.47. The predicted octanol–water partition coefficient (Wildman–Crippen LogP) is 3.16. The van der Waals surface area contributed by atoms with E-state index < -0.39 is 0 Å². The van der Waals surface area contributed by atoms with E-state index in [9.17, 15) is 0 Å². The van der Waals surface area contributed by atoms with Gasteiger partial charge in [-0.2, -0.15) is 0 Å². The first-order valence-corrected chi connectivity index (χ1v) is 5.78. The van der Waals surface area contributed by atoms with Crippen LogP contribution in [-0.2, 0) is 0 Å². The maximum atomic E-state index is 5.96. The fourth-order valence-corrected chi connectivity index (χ4v) is 1.77. The Balaban J connectivity index is 2.51. The summed E-state index contributed by atoms with van der Waals surface area (Å²) < 4.78 is 0. The van der Waals surface area contributed by atoms with Crippen molar-refractivity contribution < 1.29 is 0 Å². The molecule has 17 heavy (non-hydrogen) atoms. The normalized spacial score (nSPS) is 10.8. The van der Waals surface area contributed by atoms with Gasteiger partial charge in [0.15, 0.2) is 0 Å². The molecule has 0 aliphatic heterocycles. The fourth-order valence-electron chi connectivity index (χ4n) is 1.77. The third kappa shape index (κ3) is 2.28. The smallest absolute Gasteiger partial charge is 0.131 e. The zero-order valence-electron chi connectivity index (χ0n) is 10.4. The summed E-state index contributed by atoms with van der Waals surface area (Å²) in [5.74, 6) is 1.22. The molecule has 2 rings (SSSR count). The molecular weight excluding hydrogens is 210 g/mol. The number of hydrogen-bond acceptors (Lipinski definition) is 3. The van der Waals surface area contributed by atoms with Crippen LogP contribution < -0.4 is 5.73 Å².